The molecule has 0 aliphatic rings. The van der Waals surface area contributed by atoms with Crippen LogP contribution in [0.1, 0.15) is 30.5 Å². The van der Waals surface area contributed by atoms with Crippen LogP contribution < -0.4 is 5.32 Å². The molecule has 0 saturated carbocycles. The van der Waals surface area contributed by atoms with Gasteiger partial charge in [0, 0.05) is 0 Å². The minimum absolute atomic E-state index is 0.125. The normalized spacial score (nSPS) is 12.2. The molecule has 0 fully saturated rings. The largest absolute Gasteiger partial charge is 0.377 e. The summed E-state index contributed by atoms with van der Waals surface area (Å²) in [6.45, 7) is 4.15. The molecule has 1 unspecified atom stereocenters. The molecule has 3 heteroatoms. The summed E-state index contributed by atoms with van der Waals surface area (Å²) in [4.78, 5) is 0. The number of halogens is 2. The van der Waals surface area contributed by atoms with E-state index in [2.05, 4.69) is 43.4 Å². The number of rotatable bonds is 4. The Bertz CT molecular complexity index is 551. The third kappa shape index (κ3) is 3.48. The fourth-order valence-corrected chi connectivity index (χ4v) is 2.19. The van der Waals surface area contributed by atoms with E-state index in [0.717, 1.165) is 6.42 Å². The van der Waals surface area contributed by atoms with Crippen LogP contribution in [0, 0.1) is 12.7 Å². The molecule has 2 aromatic carbocycles. The lowest BCUT2D eigenvalue weighted by Gasteiger charge is -2.20. The molecule has 0 radical (unpaired) electrons. The average Bonchev–Trinajstić information content (AvgIpc) is 2.41. The Morgan fingerprint density at radius 1 is 1.16 bits per heavy atom. The molecule has 100 valence electrons. The summed E-state index contributed by atoms with van der Waals surface area (Å²) in [5.74, 6) is -0.286. The van der Waals surface area contributed by atoms with Gasteiger partial charge in [0.25, 0.3) is 0 Å². The molecule has 1 nitrogen and oxygen atoms in total. The Hall–Kier alpha value is -1.54. The van der Waals surface area contributed by atoms with Gasteiger partial charge in [-0.3, -0.25) is 0 Å². The highest BCUT2D eigenvalue weighted by Crippen LogP contribution is 2.28. The van der Waals surface area contributed by atoms with Crippen molar-refractivity contribution in [2.24, 2.45) is 0 Å². The SMILES string of the molecule is CCC(Nc1cc(F)ccc1Cl)c1ccc(C)cc1. The molecule has 0 amide bonds. The maximum atomic E-state index is 13.3. The molecule has 0 aliphatic heterocycles. The second-order valence-corrected chi connectivity index (χ2v) is 5.05. The average molecular weight is 278 g/mol. The molecule has 0 saturated heterocycles. The molecule has 0 aliphatic carbocycles. The van der Waals surface area contributed by atoms with Gasteiger partial charge in [-0.25, -0.2) is 4.39 Å². The monoisotopic (exact) mass is 277 g/mol. The first-order valence-electron chi connectivity index (χ1n) is 6.38. The molecule has 2 aromatic rings. The highest BCUT2D eigenvalue weighted by Gasteiger charge is 2.11. The van der Waals surface area contributed by atoms with Gasteiger partial charge in [-0.15, -0.1) is 0 Å². The molecule has 1 N–H and O–H groups in total. The Balaban J connectivity index is 2.23. The summed E-state index contributed by atoms with van der Waals surface area (Å²) < 4.78 is 13.3. The second kappa shape index (κ2) is 6.07. The molecular weight excluding hydrogens is 261 g/mol. The minimum Gasteiger partial charge on any atom is -0.377 e. The van der Waals surface area contributed by atoms with Gasteiger partial charge in [-0.1, -0.05) is 48.4 Å². The van der Waals surface area contributed by atoms with Crippen molar-refractivity contribution in [3.05, 3.63) is 64.4 Å². The van der Waals surface area contributed by atoms with E-state index in [9.17, 15) is 4.39 Å². The van der Waals surface area contributed by atoms with Crippen LogP contribution in [0.5, 0.6) is 0 Å². The first-order chi connectivity index (χ1) is 9.10. The van der Waals surface area contributed by atoms with Crippen LogP contribution in [0.15, 0.2) is 42.5 Å². The molecule has 0 heterocycles. The summed E-state index contributed by atoms with van der Waals surface area (Å²) >= 11 is 6.08. The van der Waals surface area contributed by atoms with Crippen LogP contribution >= 0.6 is 11.6 Å². The number of benzene rings is 2. The van der Waals surface area contributed by atoms with Crippen LogP contribution in [-0.4, -0.2) is 0 Å². The lowest BCUT2D eigenvalue weighted by atomic mass is 10.0. The first kappa shape index (κ1) is 13.9. The lowest BCUT2D eigenvalue weighted by molar-refractivity contribution is 0.627. The van der Waals surface area contributed by atoms with Crippen LogP contribution in [0.25, 0.3) is 0 Å². The third-order valence-electron chi connectivity index (χ3n) is 3.15. The zero-order chi connectivity index (χ0) is 13.8. The van der Waals surface area contributed by atoms with Crippen LogP contribution in [0.2, 0.25) is 5.02 Å². The number of nitrogens with one attached hydrogen (secondary N) is 1. The van der Waals surface area contributed by atoms with Crippen molar-refractivity contribution < 1.29 is 4.39 Å². The van der Waals surface area contributed by atoms with E-state index in [1.54, 1.807) is 6.07 Å². The minimum atomic E-state index is -0.286. The summed E-state index contributed by atoms with van der Waals surface area (Å²) in [5, 5.41) is 3.84. The van der Waals surface area contributed by atoms with Gasteiger partial charge < -0.3 is 5.32 Å². The van der Waals surface area contributed by atoms with Gasteiger partial charge in [0.1, 0.15) is 5.82 Å². The van der Waals surface area contributed by atoms with Crippen LogP contribution in [-0.2, 0) is 0 Å². The summed E-state index contributed by atoms with van der Waals surface area (Å²) in [6.07, 6.45) is 0.899. The van der Waals surface area contributed by atoms with Crippen LogP contribution in [0.3, 0.4) is 0 Å². The fraction of sp³-hybridized carbons (Fsp3) is 0.250. The van der Waals surface area contributed by atoms with E-state index in [1.807, 2.05) is 0 Å². The summed E-state index contributed by atoms with van der Waals surface area (Å²) in [5.41, 5.74) is 3.03. The highest BCUT2D eigenvalue weighted by atomic mass is 35.5. The fourth-order valence-electron chi connectivity index (χ4n) is 2.02. The van der Waals surface area contributed by atoms with Crippen LogP contribution in [0.4, 0.5) is 10.1 Å². The van der Waals surface area contributed by atoms with Gasteiger partial charge in [0.05, 0.1) is 16.8 Å². The van der Waals surface area contributed by atoms with Crippen molar-refractivity contribution >= 4 is 17.3 Å². The molecule has 2 rings (SSSR count). The second-order valence-electron chi connectivity index (χ2n) is 4.64. The number of hydrogen-bond acceptors (Lipinski definition) is 1. The smallest absolute Gasteiger partial charge is 0.125 e. The van der Waals surface area contributed by atoms with Crippen molar-refractivity contribution in [1.82, 2.24) is 0 Å². The molecule has 19 heavy (non-hydrogen) atoms. The zero-order valence-electron chi connectivity index (χ0n) is 11.1. The quantitative estimate of drug-likeness (QED) is 0.794. The Kier molecular flexibility index (Phi) is 4.43. The van der Waals surface area contributed by atoms with Gasteiger partial charge in [-0.2, -0.15) is 0 Å². The molecular formula is C16H17ClFN. The Morgan fingerprint density at radius 3 is 2.47 bits per heavy atom. The van der Waals surface area contributed by atoms with Crippen molar-refractivity contribution in [1.29, 1.82) is 0 Å². The van der Waals surface area contributed by atoms with Gasteiger partial charge >= 0.3 is 0 Å². The van der Waals surface area contributed by atoms with Crippen molar-refractivity contribution in [2.75, 3.05) is 5.32 Å². The van der Waals surface area contributed by atoms with Crippen molar-refractivity contribution in [3.63, 3.8) is 0 Å². The van der Waals surface area contributed by atoms with Gasteiger partial charge in [0.2, 0.25) is 0 Å². The van der Waals surface area contributed by atoms with Gasteiger partial charge in [-0.05, 0) is 37.1 Å². The molecule has 0 bridgehead atoms. The lowest BCUT2D eigenvalue weighted by Crippen LogP contribution is -2.10. The van der Waals surface area contributed by atoms with E-state index < -0.39 is 0 Å². The first-order valence-corrected chi connectivity index (χ1v) is 6.76. The standard InChI is InChI=1S/C16H17ClFN/c1-3-15(12-6-4-11(2)5-7-12)19-16-10-13(18)8-9-14(16)17/h4-10,15,19H,3H2,1-2H3. The summed E-state index contributed by atoms with van der Waals surface area (Å²) in [7, 11) is 0. The number of aryl methyl sites for hydroxylation is 1. The van der Waals surface area contributed by atoms with Gasteiger partial charge in [0.15, 0.2) is 0 Å². The van der Waals surface area contributed by atoms with E-state index in [4.69, 9.17) is 11.6 Å². The van der Waals surface area contributed by atoms with E-state index >= 15 is 0 Å². The van der Waals surface area contributed by atoms with E-state index in [1.165, 1.54) is 23.3 Å². The van der Waals surface area contributed by atoms with Crippen molar-refractivity contribution in [3.8, 4) is 0 Å². The molecule has 1 atom stereocenters. The number of hydrogen-bond donors (Lipinski definition) is 1. The molecule has 0 spiro atoms. The Labute approximate surface area is 118 Å². The van der Waals surface area contributed by atoms with Crippen molar-refractivity contribution in [2.45, 2.75) is 26.3 Å². The highest BCUT2D eigenvalue weighted by molar-refractivity contribution is 6.33. The number of anilines is 1. The maximum absolute atomic E-state index is 13.3. The Morgan fingerprint density at radius 2 is 1.84 bits per heavy atom. The topological polar surface area (TPSA) is 12.0 Å². The summed E-state index contributed by atoms with van der Waals surface area (Å²) in [6, 6.07) is 12.8. The maximum Gasteiger partial charge on any atom is 0.125 e. The predicted octanol–water partition coefficient (Wildman–Crippen LogP) is 5.35. The zero-order valence-corrected chi connectivity index (χ0v) is 11.8. The predicted molar refractivity (Wildman–Crippen MR) is 79.2 cm³/mol. The van der Waals surface area contributed by atoms with E-state index in [0.29, 0.717) is 10.7 Å². The molecule has 0 aromatic heterocycles. The van der Waals surface area contributed by atoms with E-state index in [-0.39, 0.29) is 11.9 Å². The third-order valence-corrected chi connectivity index (χ3v) is 3.48.